The number of para-hydroxylation sites is 2. The van der Waals surface area contributed by atoms with Crippen molar-refractivity contribution in [3.63, 3.8) is 0 Å². The molecule has 290 valence electrons. The fraction of sp³-hybridized carbons (Fsp3) is 0. The number of aromatic nitrogens is 1. The van der Waals surface area contributed by atoms with Gasteiger partial charge in [0.15, 0.2) is 0 Å². The van der Waals surface area contributed by atoms with E-state index in [1.54, 1.807) is 0 Å². The molecule has 0 saturated heterocycles. The van der Waals surface area contributed by atoms with Crippen LogP contribution in [-0.4, -0.2) is 4.57 Å². The van der Waals surface area contributed by atoms with E-state index >= 15 is 0 Å². The first-order valence-electron chi connectivity index (χ1n) is 21.3. The van der Waals surface area contributed by atoms with Crippen LogP contribution in [0, 0.1) is 0 Å². The van der Waals surface area contributed by atoms with Crippen molar-refractivity contribution in [3.8, 4) is 39.1 Å². The van der Waals surface area contributed by atoms with Gasteiger partial charge < -0.3 is 9.47 Å². The van der Waals surface area contributed by atoms with Crippen LogP contribution in [0.25, 0.3) is 93.2 Å². The molecule has 1 aromatic heterocycles. The van der Waals surface area contributed by atoms with Gasteiger partial charge in [-0.25, -0.2) is 0 Å². The molecule has 1 heterocycles. The molecule has 0 aliphatic rings. The molecule has 0 aliphatic carbocycles. The maximum atomic E-state index is 2.46. The summed E-state index contributed by atoms with van der Waals surface area (Å²) >= 11 is 0. The molecule has 62 heavy (non-hydrogen) atoms. The van der Waals surface area contributed by atoms with Gasteiger partial charge in [0.25, 0.3) is 0 Å². The molecule has 0 amide bonds. The second-order valence-electron chi connectivity index (χ2n) is 16.1. The SMILES string of the molecule is c1ccc(-c2ccc3ccccc3c2-c2ccc(N(c3ccccc3)c3ccc(-c4ccc(-n5c6ccccc6c6cc7ccccc7cc65)c5ccccc45)cc3)cc2)cc1. The summed E-state index contributed by atoms with van der Waals surface area (Å²) in [5.41, 5.74) is 14.2. The molecular weight excluding hydrogens is 749 g/mol. The first-order valence-corrected chi connectivity index (χ1v) is 21.3. The van der Waals surface area contributed by atoms with E-state index < -0.39 is 0 Å². The van der Waals surface area contributed by atoms with Gasteiger partial charge in [0.05, 0.1) is 16.7 Å². The topological polar surface area (TPSA) is 8.17 Å². The first-order chi connectivity index (χ1) is 30.8. The Labute approximate surface area is 360 Å². The second-order valence-corrected chi connectivity index (χ2v) is 16.1. The summed E-state index contributed by atoms with van der Waals surface area (Å²) in [7, 11) is 0. The van der Waals surface area contributed by atoms with Crippen LogP contribution in [0.1, 0.15) is 0 Å². The van der Waals surface area contributed by atoms with Gasteiger partial charge in [-0.15, -0.1) is 0 Å². The molecule has 0 unspecified atom stereocenters. The van der Waals surface area contributed by atoms with E-state index in [9.17, 15) is 0 Å². The Morgan fingerprint density at radius 3 is 1.52 bits per heavy atom. The monoisotopic (exact) mass is 788 g/mol. The Morgan fingerprint density at radius 1 is 0.274 bits per heavy atom. The number of hydrogen-bond donors (Lipinski definition) is 0. The number of benzene rings is 11. The fourth-order valence-corrected chi connectivity index (χ4v) is 9.68. The quantitative estimate of drug-likeness (QED) is 0.156. The van der Waals surface area contributed by atoms with Crippen LogP contribution >= 0.6 is 0 Å². The lowest BCUT2D eigenvalue weighted by Gasteiger charge is -2.26. The number of hydrogen-bond acceptors (Lipinski definition) is 1. The van der Waals surface area contributed by atoms with Gasteiger partial charge in [-0.1, -0.05) is 182 Å². The highest BCUT2D eigenvalue weighted by atomic mass is 15.1. The molecule has 2 nitrogen and oxygen atoms in total. The van der Waals surface area contributed by atoms with Crippen molar-refractivity contribution in [3.05, 3.63) is 243 Å². The predicted octanol–water partition coefficient (Wildman–Crippen LogP) is 16.7. The zero-order valence-corrected chi connectivity index (χ0v) is 34.0. The normalized spacial score (nSPS) is 11.5. The van der Waals surface area contributed by atoms with Crippen molar-refractivity contribution in [2.75, 3.05) is 4.90 Å². The molecule has 12 rings (SSSR count). The summed E-state index contributed by atoms with van der Waals surface area (Å²) in [6, 6.07) is 88.4. The minimum Gasteiger partial charge on any atom is -0.311 e. The molecule has 12 aromatic rings. The van der Waals surface area contributed by atoms with E-state index in [1.165, 1.54) is 93.2 Å². The number of nitrogens with zero attached hydrogens (tertiary/aromatic N) is 2. The average Bonchev–Trinajstić information content (AvgIpc) is 3.66. The van der Waals surface area contributed by atoms with E-state index in [2.05, 4.69) is 252 Å². The molecular formula is C60H40N2. The predicted molar refractivity (Wildman–Crippen MR) is 264 cm³/mol. The third-order valence-electron chi connectivity index (χ3n) is 12.6. The highest BCUT2D eigenvalue weighted by molar-refractivity contribution is 6.15. The molecule has 0 N–H and O–H groups in total. The summed E-state index contributed by atoms with van der Waals surface area (Å²) < 4.78 is 2.46. The smallest absolute Gasteiger partial charge is 0.0547 e. The van der Waals surface area contributed by atoms with Gasteiger partial charge in [0.1, 0.15) is 0 Å². The summed E-state index contributed by atoms with van der Waals surface area (Å²) in [6.45, 7) is 0. The highest BCUT2D eigenvalue weighted by Crippen LogP contribution is 2.43. The standard InChI is InChI=1S/C60H40N2/c1-3-15-41(16-4-1)52-36-31-42-17-9-10-22-51(42)60(52)44-29-34-49(35-30-44)61(47-20-5-2-6-21-47)48-32-27-43(28-33-48)50-37-38-58(54-24-12-11-23-53(50)54)62-57-26-14-13-25-55(57)56-39-45-18-7-8-19-46(45)40-59(56)62/h1-40H. The molecule has 0 spiro atoms. The van der Waals surface area contributed by atoms with Crippen molar-refractivity contribution in [2.24, 2.45) is 0 Å². The Kier molecular flexibility index (Phi) is 8.53. The van der Waals surface area contributed by atoms with Crippen LogP contribution in [0.15, 0.2) is 243 Å². The highest BCUT2D eigenvalue weighted by Gasteiger charge is 2.19. The molecule has 0 fully saturated rings. The van der Waals surface area contributed by atoms with Crippen LogP contribution in [0.5, 0.6) is 0 Å². The Hall–Kier alpha value is -8.20. The molecule has 0 bridgehead atoms. The van der Waals surface area contributed by atoms with E-state index in [1.807, 2.05) is 0 Å². The van der Waals surface area contributed by atoms with E-state index in [4.69, 9.17) is 0 Å². The van der Waals surface area contributed by atoms with Gasteiger partial charge in [-0.2, -0.15) is 0 Å². The van der Waals surface area contributed by atoms with Crippen LogP contribution in [0.3, 0.4) is 0 Å². The van der Waals surface area contributed by atoms with Gasteiger partial charge in [0.2, 0.25) is 0 Å². The molecule has 0 saturated carbocycles. The lowest BCUT2D eigenvalue weighted by Crippen LogP contribution is -2.09. The molecule has 0 radical (unpaired) electrons. The Balaban J connectivity index is 0.946. The minimum absolute atomic E-state index is 1.10. The van der Waals surface area contributed by atoms with Crippen molar-refractivity contribution in [1.82, 2.24) is 4.57 Å². The van der Waals surface area contributed by atoms with Crippen molar-refractivity contribution in [1.29, 1.82) is 0 Å². The second kappa shape index (κ2) is 14.8. The van der Waals surface area contributed by atoms with E-state index in [0.717, 1.165) is 17.1 Å². The first kappa shape index (κ1) is 35.7. The Bertz CT molecular complexity index is 3600. The van der Waals surface area contributed by atoms with Crippen LogP contribution in [0.4, 0.5) is 17.1 Å². The summed E-state index contributed by atoms with van der Waals surface area (Å²) in [5, 5.41) is 9.97. The largest absolute Gasteiger partial charge is 0.311 e. The molecule has 11 aromatic carbocycles. The Morgan fingerprint density at radius 2 is 0.790 bits per heavy atom. The number of anilines is 3. The fourth-order valence-electron chi connectivity index (χ4n) is 9.68. The van der Waals surface area contributed by atoms with Crippen LogP contribution in [0.2, 0.25) is 0 Å². The van der Waals surface area contributed by atoms with Gasteiger partial charge >= 0.3 is 0 Å². The maximum absolute atomic E-state index is 2.46. The zero-order chi connectivity index (χ0) is 41.0. The molecule has 0 atom stereocenters. The van der Waals surface area contributed by atoms with Gasteiger partial charge in [0, 0.05) is 33.2 Å². The maximum Gasteiger partial charge on any atom is 0.0547 e. The minimum atomic E-state index is 1.10. The van der Waals surface area contributed by atoms with Crippen molar-refractivity contribution >= 4 is 71.2 Å². The lowest BCUT2D eigenvalue weighted by molar-refractivity contribution is 1.20. The van der Waals surface area contributed by atoms with Gasteiger partial charge in [-0.3, -0.25) is 0 Å². The van der Waals surface area contributed by atoms with Crippen LogP contribution in [-0.2, 0) is 0 Å². The summed E-state index contributed by atoms with van der Waals surface area (Å²) in [5.74, 6) is 0. The average molecular weight is 789 g/mol. The van der Waals surface area contributed by atoms with E-state index in [-0.39, 0.29) is 0 Å². The zero-order valence-electron chi connectivity index (χ0n) is 34.0. The summed E-state index contributed by atoms with van der Waals surface area (Å²) in [4.78, 5) is 2.35. The molecule has 2 heteroatoms. The third kappa shape index (κ3) is 5.96. The van der Waals surface area contributed by atoms with E-state index in [0.29, 0.717) is 0 Å². The third-order valence-corrected chi connectivity index (χ3v) is 12.6. The van der Waals surface area contributed by atoms with Crippen molar-refractivity contribution in [2.45, 2.75) is 0 Å². The molecule has 0 aliphatic heterocycles. The number of fused-ring (bicyclic) bond motifs is 6. The summed E-state index contributed by atoms with van der Waals surface area (Å²) in [6.07, 6.45) is 0. The number of rotatable bonds is 7. The van der Waals surface area contributed by atoms with Gasteiger partial charge in [-0.05, 0) is 121 Å². The van der Waals surface area contributed by atoms with Crippen LogP contribution < -0.4 is 4.90 Å². The van der Waals surface area contributed by atoms with Crippen molar-refractivity contribution < 1.29 is 0 Å². The lowest BCUT2D eigenvalue weighted by atomic mass is 9.89.